The van der Waals surface area contributed by atoms with Crippen LogP contribution in [0.2, 0.25) is 5.02 Å². The number of hydrogen-bond acceptors (Lipinski definition) is 4. The molecule has 1 aromatic carbocycles. The fourth-order valence-corrected chi connectivity index (χ4v) is 3.72. The van der Waals surface area contributed by atoms with Crippen molar-refractivity contribution in [2.75, 3.05) is 13.2 Å². The van der Waals surface area contributed by atoms with E-state index in [1.54, 1.807) is 11.3 Å². The summed E-state index contributed by atoms with van der Waals surface area (Å²) in [5.74, 6) is 1.02. The topological polar surface area (TPSA) is 34.1 Å². The summed E-state index contributed by atoms with van der Waals surface area (Å²) in [7, 11) is 0. The maximum absolute atomic E-state index is 6.25. The van der Waals surface area contributed by atoms with Gasteiger partial charge in [0.1, 0.15) is 5.75 Å². The molecule has 3 rings (SSSR count). The van der Waals surface area contributed by atoms with Gasteiger partial charge in [-0.25, -0.2) is 4.98 Å². The molecule has 0 aliphatic carbocycles. The third-order valence-corrected chi connectivity index (χ3v) is 4.70. The molecule has 1 aromatic heterocycles. The molecule has 0 amide bonds. The second-order valence-corrected chi connectivity index (χ2v) is 6.76. The highest BCUT2D eigenvalue weighted by atomic mass is 35.5. The van der Waals surface area contributed by atoms with E-state index in [1.165, 1.54) is 11.1 Å². The zero-order valence-electron chi connectivity index (χ0n) is 12.3. The van der Waals surface area contributed by atoms with Crippen LogP contribution in [0.5, 0.6) is 5.75 Å². The van der Waals surface area contributed by atoms with Gasteiger partial charge in [0.15, 0.2) is 0 Å². The van der Waals surface area contributed by atoms with Crippen molar-refractivity contribution in [2.45, 2.75) is 32.7 Å². The smallest absolute Gasteiger partial charge is 0.125 e. The minimum absolute atomic E-state index is 0.201. The van der Waals surface area contributed by atoms with E-state index in [-0.39, 0.29) is 6.04 Å². The van der Waals surface area contributed by atoms with E-state index in [4.69, 9.17) is 16.3 Å². The molecule has 1 atom stereocenters. The largest absolute Gasteiger partial charge is 0.493 e. The summed E-state index contributed by atoms with van der Waals surface area (Å²) in [6, 6.07) is 4.24. The van der Waals surface area contributed by atoms with Crippen LogP contribution in [0.4, 0.5) is 0 Å². The molecule has 1 aliphatic rings. The summed E-state index contributed by atoms with van der Waals surface area (Å²) in [5.41, 5.74) is 3.50. The first kappa shape index (κ1) is 14.8. The minimum atomic E-state index is 0.201. The molecular weight excluding hydrogens is 304 g/mol. The number of likely N-dealkylation sites (N-methyl/N-ethyl adjacent to an activating group) is 1. The van der Waals surface area contributed by atoms with Crippen molar-refractivity contribution in [3.8, 4) is 5.75 Å². The van der Waals surface area contributed by atoms with Crippen molar-refractivity contribution in [1.29, 1.82) is 0 Å². The number of nitrogens with zero attached hydrogens (tertiary/aromatic N) is 1. The van der Waals surface area contributed by atoms with E-state index >= 15 is 0 Å². The number of benzene rings is 1. The van der Waals surface area contributed by atoms with Crippen LogP contribution < -0.4 is 10.1 Å². The molecule has 3 nitrogen and oxygen atoms in total. The standard InChI is InChI=1S/C16H19ClN2OS/c1-3-18-14(15-9-21-10(2)19-15)8-12-7-13(17)6-11-4-5-20-16(11)12/h6-7,9,14,18H,3-5,8H2,1-2H3. The van der Waals surface area contributed by atoms with Crippen LogP contribution in [-0.2, 0) is 12.8 Å². The molecule has 1 N–H and O–H groups in total. The van der Waals surface area contributed by atoms with Crippen molar-refractivity contribution in [1.82, 2.24) is 10.3 Å². The third kappa shape index (κ3) is 3.23. The molecule has 0 bridgehead atoms. The van der Waals surface area contributed by atoms with Gasteiger partial charge in [-0.3, -0.25) is 0 Å². The van der Waals surface area contributed by atoms with Crippen molar-refractivity contribution in [2.24, 2.45) is 0 Å². The zero-order valence-corrected chi connectivity index (χ0v) is 13.9. The summed E-state index contributed by atoms with van der Waals surface area (Å²) in [6.07, 6.45) is 1.80. The molecule has 0 saturated carbocycles. The van der Waals surface area contributed by atoms with Gasteiger partial charge in [0.25, 0.3) is 0 Å². The van der Waals surface area contributed by atoms with Gasteiger partial charge in [-0.05, 0) is 43.1 Å². The van der Waals surface area contributed by atoms with Crippen LogP contribution in [0, 0.1) is 6.92 Å². The first-order valence-corrected chi connectivity index (χ1v) is 8.52. The van der Waals surface area contributed by atoms with Crippen LogP contribution in [0.25, 0.3) is 0 Å². The SMILES string of the molecule is CCNC(Cc1cc(Cl)cc2c1OCC2)c1csc(C)n1. The second-order valence-electron chi connectivity index (χ2n) is 5.26. The number of fused-ring (bicyclic) bond motifs is 1. The van der Waals surface area contributed by atoms with Crippen molar-refractivity contribution in [3.63, 3.8) is 0 Å². The van der Waals surface area contributed by atoms with Gasteiger partial charge < -0.3 is 10.1 Å². The minimum Gasteiger partial charge on any atom is -0.493 e. The summed E-state index contributed by atoms with van der Waals surface area (Å²) in [5, 5.41) is 7.54. The molecule has 21 heavy (non-hydrogen) atoms. The molecule has 1 unspecified atom stereocenters. The number of ether oxygens (including phenoxy) is 1. The summed E-state index contributed by atoms with van der Waals surface area (Å²) in [6.45, 7) is 5.82. The molecule has 0 saturated heterocycles. The van der Waals surface area contributed by atoms with E-state index in [0.717, 1.165) is 47.5 Å². The van der Waals surface area contributed by atoms with E-state index in [1.807, 2.05) is 19.1 Å². The Hall–Kier alpha value is -1.10. The second kappa shape index (κ2) is 6.34. The molecule has 0 fully saturated rings. The molecule has 5 heteroatoms. The Morgan fingerprint density at radius 2 is 2.33 bits per heavy atom. The highest BCUT2D eigenvalue weighted by Gasteiger charge is 2.21. The monoisotopic (exact) mass is 322 g/mol. The predicted octanol–water partition coefficient (Wildman–Crippen LogP) is 3.93. The average molecular weight is 323 g/mol. The van der Waals surface area contributed by atoms with Gasteiger partial charge in [0.05, 0.1) is 23.4 Å². The number of halogens is 1. The van der Waals surface area contributed by atoms with Crippen molar-refractivity contribution in [3.05, 3.63) is 44.4 Å². The quantitative estimate of drug-likeness (QED) is 0.905. The first-order valence-electron chi connectivity index (χ1n) is 7.27. The highest BCUT2D eigenvalue weighted by molar-refractivity contribution is 7.09. The molecule has 1 aliphatic heterocycles. The number of rotatable bonds is 5. The van der Waals surface area contributed by atoms with E-state index in [0.29, 0.717) is 0 Å². The Bertz CT molecular complexity index is 641. The van der Waals surface area contributed by atoms with Gasteiger partial charge >= 0.3 is 0 Å². The molecule has 2 aromatic rings. The molecule has 0 radical (unpaired) electrons. The van der Waals surface area contributed by atoms with Crippen LogP contribution in [0.3, 0.4) is 0 Å². The fourth-order valence-electron chi connectivity index (χ4n) is 2.79. The van der Waals surface area contributed by atoms with Crippen molar-refractivity contribution < 1.29 is 4.74 Å². The fraction of sp³-hybridized carbons (Fsp3) is 0.438. The molecular formula is C16H19ClN2OS. The molecule has 2 heterocycles. The summed E-state index contributed by atoms with van der Waals surface area (Å²) < 4.78 is 5.80. The van der Waals surface area contributed by atoms with E-state index in [2.05, 4.69) is 22.6 Å². The lowest BCUT2D eigenvalue weighted by atomic mass is 10.00. The number of nitrogens with one attached hydrogen (secondary N) is 1. The average Bonchev–Trinajstić information content (AvgIpc) is 3.06. The molecule has 112 valence electrons. The maximum Gasteiger partial charge on any atom is 0.125 e. The Balaban J connectivity index is 1.90. The number of aromatic nitrogens is 1. The molecule has 0 spiro atoms. The maximum atomic E-state index is 6.25. The van der Waals surface area contributed by atoms with Gasteiger partial charge in [-0.2, -0.15) is 0 Å². The van der Waals surface area contributed by atoms with Gasteiger partial charge in [0.2, 0.25) is 0 Å². The van der Waals surface area contributed by atoms with E-state index in [9.17, 15) is 0 Å². The highest BCUT2D eigenvalue weighted by Crippen LogP contribution is 2.35. The van der Waals surface area contributed by atoms with Crippen LogP contribution in [0.1, 0.15) is 34.8 Å². The van der Waals surface area contributed by atoms with E-state index < -0.39 is 0 Å². The zero-order chi connectivity index (χ0) is 14.8. The lowest BCUT2D eigenvalue weighted by Gasteiger charge is -2.18. The third-order valence-electron chi connectivity index (χ3n) is 3.69. The lowest BCUT2D eigenvalue weighted by molar-refractivity contribution is 0.351. The number of hydrogen-bond donors (Lipinski definition) is 1. The van der Waals surface area contributed by atoms with Crippen molar-refractivity contribution >= 4 is 22.9 Å². The van der Waals surface area contributed by atoms with Crippen LogP contribution in [-0.4, -0.2) is 18.1 Å². The van der Waals surface area contributed by atoms with Crippen LogP contribution in [0.15, 0.2) is 17.5 Å². The van der Waals surface area contributed by atoms with Gasteiger partial charge in [-0.15, -0.1) is 11.3 Å². The Morgan fingerprint density at radius 1 is 1.48 bits per heavy atom. The van der Waals surface area contributed by atoms with Gasteiger partial charge in [-0.1, -0.05) is 18.5 Å². The lowest BCUT2D eigenvalue weighted by Crippen LogP contribution is -2.23. The van der Waals surface area contributed by atoms with Crippen LogP contribution >= 0.6 is 22.9 Å². The predicted molar refractivity (Wildman–Crippen MR) is 87.6 cm³/mol. The Morgan fingerprint density at radius 3 is 3.05 bits per heavy atom. The summed E-state index contributed by atoms with van der Waals surface area (Å²) >= 11 is 7.94. The number of aryl methyl sites for hydroxylation is 1. The van der Waals surface area contributed by atoms with Gasteiger partial charge in [0, 0.05) is 16.8 Å². The number of thiazole rings is 1. The Kier molecular flexibility index (Phi) is 4.48. The normalized spacial score (nSPS) is 14.8. The first-order chi connectivity index (χ1) is 10.2. The Labute approximate surface area is 134 Å². The summed E-state index contributed by atoms with van der Waals surface area (Å²) in [4.78, 5) is 4.62.